The van der Waals surface area contributed by atoms with Gasteiger partial charge in [-0.25, -0.2) is 9.59 Å². The first-order valence-corrected chi connectivity index (χ1v) is 5.76. The fourth-order valence-corrected chi connectivity index (χ4v) is 1.48. The molecule has 0 saturated heterocycles. The standard InChI is InChI=1S/C13H17NO4/c1-3-18-13(17)14(10(2)12(15)16)9-11-7-5-4-6-8-11/h4-8,10H,3,9H2,1-2H3,(H,15,16). The lowest BCUT2D eigenvalue weighted by Crippen LogP contribution is -2.43. The third kappa shape index (κ3) is 3.76. The Morgan fingerprint density at radius 3 is 2.44 bits per heavy atom. The molecule has 18 heavy (non-hydrogen) atoms. The fourth-order valence-electron chi connectivity index (χ4n) is 1.48. The summed E-state index contributed by atoms with van der Waals surface area (Å²) in [6.07, 6.45) is -0.615. The topological polar surface area (TPSA) is 66.8 Å². The van der Waals surface area contributed by atoms with Crippen LogP contribution in [0.1, 0.15) is 19.4 Å². The van der Waals surface area contributed by atoms with Crippen molar-refractivity contribution in [2.24, 2.45) is 0 Å². The molecule has 1 unspecified atom stereocenters. The van der Waals surface area contributed by atoms with E-state index in [0.29, 0.717) is 0 Å². The highest BCUT2D eigenvalue weighted by Crippen LogP contribution is 2.10. The molecule has 98 valence electrons. The van der Waals surface area contributed by atoms with Gasteiger partial charge in [-0.15, -0.1) is 0 Å². The quantitative estimate of drug-likeness (QED) is 0.870. The van der Waals surface area contributed by atoms with E-state index in [1.807, 2.05) is 30.3 Å². The number of carbonyl (C=O) groups is 2. The molecule has 1 amide bonds. The van der Waals surface area contributed by atoms with Crippen molar-refractivity contribution >= 4 is 12.1 Å². The molecule has 0 bridgehead atoms. The minimum Gasteiger partial charge on any atom is -0.480 e. The van der Waals surface area contributed by atoms with Gasteiger partial charge in [0.25, 0.3) is 0 Å². The van der Waals surface area contributed by atoms with Gasteiger partial charge in [-0.3, -0.25) is 4.90 Å². The van der Waals surface area contributed by atoms with Crippen LogP contribution in [0.15, 0.2) is 30.3 Å². The molecule has 5 nitrogen and oxygen atoms in total. The number of carbonyl (C=O) groups excluding carboxylic acids is 1. The van der Waals surface area contributed by atoms with Crippen molar-refractivity contribution in [3.05, 3.63) is 35.9 Å². The number of nitrogens with zero attached hydrogens (tertiary/aromatic N) is 1. The number of aliphatic carboxylic acids is 1. The summed E-state index contributed by atoms with van der Waals surface area (Å²) in [6.45, 7) is 3.58. The Balaban J connectivity index is 2.84. The summed E-state index contributed by atoms with van der Waals surface area (Å²) in [6, 6.07) is 8.28. The summed E-state index contributed by atoms with van der Waals surface area (Å²) < 4.78 is 4.87. The number of hydrogen-bond acceptors (Lipinski definition) is 3. The van der Waals surface area contributed by atoms with Crippen molar-refractivity contribution in [3.8, 4) is 0 Å². The second-order valence-corrected chi connectivity index (χ2v) is 3.83. The molecular weight excluding hydrogens is 234 g/mol. The Hall–Kier alpha value is -2.04. The van der Waals surface area contributed by atoms with Gasteiger partial charge in [0.2, 0.25) is 0 Å². The molecule has 0 aromatic heterocycles. The highest BCUT2D eigenvalue weighted by Gasteiger charge is 2.26. The molecule has 5 heteroatoms. The average molecular weight is 251 g/mol. The molecule has 0 heterocycles. The van der Waals surface area contributed by atoms with Gasteiger partial charge >= 0.3 is 12.1 Å². The van der Waals surface area contributed by atoms with Crippen molar-refractivity contribution in [2.45, 2.75) is 26.4 Å². The van der Waals surface area contributed by atoms with Crippen molar-refractivity contribution in [1.29, 1.82) is 0 Å². The van der Waals surface area contributed by atoms with E-state index in [1.54, 1.807) is 6.92 Å². The maximum Gasteiger partial charge on any atom is 0.410 e. The van der Waals surface area contributed by atoms with Gasteiger partial charge in [-0.2, -0.15) is 0 Å². The molecule has 0 aliphatic rings. The van der Waals surface area contributed by atoms with Crippen LogP contribution in [0.25, 0.3) is 0 Å². The van der Waals surface area contributed by atoms with Crippen LogP contribution in [0.4, 0.5) is 4.79 Å². The Kier molecular flexibility index (Phi) is 5.17. The summed E-state index contributed by atoms with van der Waals surface area (Å²) in [5, 5.41) is 9.00. The first kappa shape index (κ1) is 14.0. The second kappa shape index (κ2) is 6.64. The van der Waals surface area contributed by atoms with Gasteiger partial charge in [0.1, 0.15) is 6.04 Å². The Bertz CT molecular complexity index is 405. The van der Waals surface area contributed by atoms with Crippen LogP contribution in [-0.4, -0.2) is 34.7 Å². The third-order valence-electron chi connectivity index (χ3n) is 2.52. The zero-order valence-corrected chi connectivity index (χ0v) is 10.5. The van der Waals surface area contributed by atoms with Crippen LogP contribution >= 0.6 is 0 Å². The van der Waals surface area contributed by atoms with Crippen molar-refractivity contribution in [1.82, 2.24) is 4.90 Å². The summed E-state index contributed by atoms with van der Waals surface area (Å²) in [7, 11) is 0. The largest absolute Gasteiger partial charge is 0.480 e. The number of rotatable bonds is 5. The number of ether oxygens (including phenoxy) is 1. The van der Waals surface area contributed by atoms with E-state index in [9.17, 15) is 9.59 Å². The smallest absolute Gasteiger partial charge is 0.410 e. The molecule has 0 radical (unpaired) electrons. The molecule has 1 aromatic carbocycles. The molecular formula is C13H17NO4. The van der Waals surface area contributed by atoms with Gasteiger partial charge in [0, 0.05) is 6.54 Å². The highest BCUT2D eigenvalue weighted by molar-refractivity contribution is 5.79. The lowest BCUT2D eigenvalue weighted by molar-refractivity contribution is -0.142. The summed E-state index contributed by atoms with van der Waals surface area (Å²) in [5.74, 6) is -1.06. The van der Waals surface area contributed by atoms with Crippen LogP contribution in [0.2, 0.25) is 0 Å². The lowest BCUT2D eigenvalue weighted by atomic mass is 10.2. The maximum absolute atomic E-state index is 11.7. The minimum atomic E-state index is -1.06. The number of carboxylic acid groups (broad SMARTS) is 1. The van der Waals surface area contributed by atoms with Gasteiger partial charge in [-0.1, -0.05) is 30.3 Å². The van der Waals surface area contributed by atoms with Crippen molar-refractivity contribution < 1.29 is 19.4 Å². The first-order valence-electron chi connectivity index (χ1n) is 5.76. The molecule has 1 aromatic rings. The Morgan fingerprint density at radius 1 is 1.33 bits per heavy atom. The normalized spacial score (nSPS) is 11.7. The Morgan fingerprint density at radius 2 is 1.94 bits per heavy atom. The van der Waals surface area contributed by atoms with Gasteiger partial charge in [0.05, 0.1) is 6.61 Å². The molecule has 1 N–H and O–H groups in total. The predicted octanol–water partition coefficient (Wildman–Crippen LogP) is 2.12. The number of benzene rings is 1. The van der Waals surface area contributed by atoms with Crippen LogP contribution in [0.5, 0.6) is 0 Å². The van der Waals surface area contributed by atoms with E-state index in [-0.39, 0.29) is 13.2 Å². The maximum atomic E-state index is 11.7. The molecule has 1 rings (SSSR count). The van der Waals surface area contributed by atoms with Gasteiger partial charge in [0.15, 0.2) is 0 Å². The van der Waals surface area contributed by atoms with Crippen LogP contribution in [0.3, 0.4) is 0 Å². The SMILES string of the molecule is CCOC(=O)N(Cc1ccccc1)C(C)C(=O)O. The summed E-state index contributed by atoms with van der Waals surface area (Å²) in [4.78, 5) is 23.9. The zero-order chi connectivity index (χ0) is 13.5. The molecule has 1 atom stereocenters. The van der Waals surface area contributed by atoms with E-state index in [2.05, 4.69) is 0 Å². The molecule has 0 aliphatic heterocycles. The van der Waals surface area contributed by atoms with E-state index in [1.165, 1.54) is 11.8 Å². The minimum absolute atomic E-state index is 0.215. The van der Waals surface area contributed by atoms with Gasteiger partial charge in [-0.05, 0) is 19.4 Å². The molecule has 0 spiro atoms. The van der Waals surface area contributed by atoms with E-state index in [4.69, 9.17) is 9.84 Å². The van der Waals surface area contributed by atoms with E-state index in [0.717, 1.165) is 5.56 Å². The summed E-state index contributed by atoms with van der Waals surface area (Å²) >= 11 is 0. The van der Waals surface area contributed by atoms with Crippen molar-refractivity contribution in [2.75, 3.05) is 6.61 Å². The molecule has 0 aliphatic carbocycles. The van der Waals surface area contributed by atoms with E-state index >= 15 is 0 Å². The number of amides is 1. The summed E-state index contributed by atoms with van der Waals surface area (Å²) in [5.41, 5.74) is 0.860. The third-order valence-corrected chi connectivity index (χ3v) is 2.52. The predicted molar refractivity (Wildman–Crippen MR) is 66.1 cm³/mol. The first-order chi connectivity index (χ1) is 8.56. The molecule has 0 saturated carbocycles. The average Bonchev–Trinajstić information content (AvgIpc) is 2.36. The van der Waals surface area contributed by atoms with E-state index < -0.39 is 18.1 Å². The zero-order valence-electron chi connectivity index (χ0n) is 10.5. The monoisotopic (exact) mass is 251 g/mol. The number of carboxylic acids is 1. The molecule has 0 fully saturated rings. The Labute approximate surface area is 106 Å². The van der Waals surface area contributed by atoms with Crippen LogP contribution in [-0.2, 0) is 16.1 Å². The number of hydrogen-bond donors (Lipinski definition) is 1. The van der Waals surface area contributed by atoms with Crippen LogP contribution in [0, 0.1) is 0 Å². The highest BCUT2D eigenvalue weighted by atomic mass is 16.6. The lowest BCUT2D eigenvalue weighted by Gasteiger charge is -2.25. The van der Waals surface area contributed by atoms with Crippen molar-refractivity contribution in [3.63, 3.8) is 0 Å². The van der Waals surface area contributed by atoms with Gasteiger partial charge < -0.3 is 9.84 Å². The second-order valence-electron chi connectivity index (χ2n) is 3.83. The van der Waals surface area contributed by atoms with Crippen LogP contribution < -0.4 is 0 Å². The fraction of sp³-hybridized carbons (Fsp3) is 0.385.